The fourth-order valence-electron chi connectivity index (χ4n) is 4.06. The molecular formula is C22H21ClF5N5S. The van der Waals surface area contributed by atoms with Crippen LogP contribution in [0.2, 0.25) is 5.15 Å². The van der Waals surface area contributed by atoms with Crippen molar-refractivity contribution >= 4 is 33.9 Å². The lowest BCUT2D eigenvalue weighted by Gasteiger charge is -2.25. The van der Waals surface area contributed by atoms with Gasteiger partial charge < -0.3 is 5.32 Å². The molecule has 1 fully saturated rings. The SMILES string of the molecule is Cc1nc(Cl)c(F)c(Nc2nc(-c3cc(F)cc(C(F)(F)F)c3)c(CN3[C@H](C)CC[C@H]3C)s2)n1. The summed E-state index contributed by atoms with van der Waals surface area (Å²) in [6.45, 7) is 6.10. The monoisotopic (exact) mass is 517 g/mol. The zero-order valence-corrected chi connectivity index (χ0v) is 20.0. The van der Waals surface area contributed by atoms with Gasteiger partial charge in [0.25, 0.3) is 0 Å². The number of nitrogens with zero attached hydrogens (tertiary/aromatic N) is 4. The van der Waals surface area contributed by atoms with Crippen LogP contribution in [0.15, 0.2) is 18.2 Å². The van der Waals surface area contributed by atoms with Crippen LogP contribution in [0.3, 0.4) is 0 Å². The molecule has 182 valence electrons. The van der Waals surface area contributed by atoms with Gasteiger partial charge in [-0.2, -0.15) is 17.6 Å². The first-order valence-electron chi connectivity index (χ1n) is 10.5. The van der Waals surface area contributed by atoms with Crippen molar-refractivity contribution in [3.05, 3.63) is 51.3 Å². The Bertz CT molecular complexity index is 1210. The summed E-state index contributed by atoms with van der Waals surface area (Å²) in [7, 11) is 0. The van der Waals surface area contributed by atoms with Crippen LogP contribution in [0.25, 0.3) is 11.3 Å². The standard InChI is InChI=1S/C22H21ClF5N5S/c1-10-4-5-11(2)33(10)9-16-18(13-6-14(22(26,27)28)8-15(24)7-13)31-21(34-16)32-20-17(25)19(23)29-12(3)30-20/h6-8,10-11H,4-5,9H2,1-3H3,(H,29,30,31,32)/t10-,11-/m1/s1. The fraction of sp³-hybridized carbons (Fsp3) is 0.409. The number of aryl methyl sites for hydroxylation is 1. The maximum absolute atomic E-state index is 14.4. The first-order valence-corrected chi connectivity index (χ1v) is 11.7. The van der Waals surface area contributed by atoms with Gasteiger partial charge in [-0.3, -0.25) is 4.90 Å². The van der Waals surface area contributed by atoms with Gasteiger partial charge in [0.15, 0.2) is 16.1 Å². The van der Waals surface area contributed by atoms with Gasteiger partial charge in [0, 0.05) is 29.1 Å². The van der Waals surface area contributed by atoms with Crippen LogP contribution < -0.4 is 5.32 Å². The van der Waals surface area contributed by atoms with Crippen molar-refractivity contribution in [2.75, 3.05) is 5.32 Å². The summed E-state index contributed by atoms with van der Waals surface area (Å²) in [5.74, 6) is -1.88. The highest BCUT2D eigenvalue weighted by molar-refractivity contribution is 7.16. The molecule has 2 atom stereocenters. The second kappa shape index (κ2) is 9.35. The summed E-state index contributed by atoms with van der Waals surface area (Å²) >= 11 is 6.94. The number of hydrogen-bond acceptors (Lipinski definition) is 6. The molecule has 0 spiro atoms. The van der Waals surface area contributed by atoms with Crippen molar-refractivity contribution in [2.45, 2.75) is 58.4 Å². The van der Waals surface area contributed by atoms with E-state index in [2.05, 4.69) is 39.0 Å². The van der Waals surface area contributed by atoms with Gasteiger partial charge in [-0.1, -0.05) is 22.9 Å². The van der Waals surface area contributed by atoms with Crippen LogP contribution in [-0.4, -0.2) is 31.9 Å². The number of anilines is 2. The van der Waals surface area contributed by atoms with Crippen molar-refractivity contribution in [3.8, 4) is 11.3 Å². The molecule has 1 saturated heterocycles. The number of nitrogens with one attached hydrogen (secondary N) is 1. The number of hydrogen-bond donors (Lipinski definition) is 1. The summed E-state index contributed by atoms with van der Waals surface area (Å²) in [5, 5.41) is 2.57. The summed E-state index contributed by atoms with van der Waals surface area (Å²) in [5.41, 5.74) is -0.923. The van der Waals surface area contributed by atoms with Crippen LogP contribution in [0.1, 0.15) is 43.0 Å². The van der Waals surface area contributed by atoms with E-state index in [1.165, 1.54) is 6.92 Å². The van der Waals surface area contributed by atoms with Crippen molar-refractivity contribution in [1.29, 1.82) is 0 Å². The number of alkyl halides is 3. The first kappa shape index (κ1) is 24.7. The minimum absolute atomic E-state index is 0.0106. The summed E-state index contributed by atoms with van der Waals surface area (Å²) in [6.07, 6.45) is -2.74. The van der Waals surface area contributed by atoms with Crippen LogP contribution in [-0.2, 0) is 12.7 Å². The smallest absolute Gasteiger partial charge is 0.314 e. The van der Waals surface area contributed by atoms with E-state index in [4.69, 9.17) is 11.6 Å². The maximum atomic E-state index is 14.4. The molecule has 12 heteroatoms. The highest BCUT2D eigenvalue weighted by Crippen LogP contribution is 2.39. The number of aromatic nitrogens is 3. The summed E-state index contributed by atoms with van der Waals surface area (Å²) in [6, 6.07) is 2.86. The van der Waals surface area contributed by atoms with Gasteiger partial charge in [0.2, 0.25) is 5.82 Å². The Labute approximate surface area is 202 Å². The average molecular weight is 518 g/mol. The van der Waals surface area contributed by atoms with Gasteiger partial charge in [-0.05, 0) is 51.8 Å². The molecule has 0 aliphatic carbocycles. The topological polar surface area (TPSA) is 53.9 Å². The number of thiazole rings is 1. The Morgan fingerprint density at radius 2 is 1.76 bits per heavy atom. The third-order valence-electron chi connectivity index (χ3n) is 5.80. The molecule has 0 bridgehead atoms. The minimum Gasteiger partial charge on any atom is -0.314 e. The summed E-state index contributed by atoms with van der Waals surface area (Å²) < 4.78 is 68.6. The number of likely N-dealkylation sites (tertiary alicyclic amines) is 1. The van der Waals surface area contributed by atoms with Crippen molar-refractivity contribution in [3.63, 3.8) is 0 Å². The van der Waals surface area contributed by atoms with E-state index in [-0.39, 0.29) is 45.3 Å². The third-order valence-corrected chi connectivity index (χ3v) is 7.01. The minimum atomic E-state index is -4.72. The van der Waals surface area contributed by atoms with Gasteiger partial charge in [-0.25, -0.2) is 19.3 Å². The first-order chi connectivity index (χ1) is 15.9. The highest BCUT2D eigenvalue weighted by Gasteiger charge is 2.33. The zero-order valence-electron chi connectivity index (χ0n) is 18.5. The molecule has 3 heterocycles. The van der Waals surface area contributed by atoms with E-state index in [9.17, 15) is 22.0 Å². The molecule has 3 aromatic rings. The molecule has 1 aliphatic rings. The van der Waals surface area contributed by atoms with Crippen LogP contribution in [0, 0.1) is 18.6 Å². The Hall–Kier alpha value is -2.37. The van der Waals surface area contributed by atoms with E-state index >= 15 is 0 Å². The molecule has 0 unspecified atom stereocenters. The molecule has 4 rings (SSSR count). The maximum Gasteiger partial charge on any atom is 0.416 e. The average Bonchev–Trinajstić information content (AvgIpc) is 3.28. The van der Waals surface area contributed by atoms with Crippen LogP contribution >= 0.6 is 22.9 Å². The van der Waals surface area contributed by atoms with Gasteiger partial charge >= 0.3 is 6.18 Å². The number of rotatable bonds is 5. The second-order valence-corrected chi connectivity index (χ2v) is 9.76. The van der Waals surface area contributed by atoms with Crippen LogP contribution in [0.5, 0.6) is 0 Å². The Balaban J connectivity index is 1.79. The quantitative estimate of drug-likeness (QED) is 0.292. The van der Waals surface area contributed by atoms with E-state index in [0.29, 0.717) is 17.5 Å². The molecule has 0 radical (unpaired) electrons. The number of halogens is 6. The molecule has 1 N–H and O–H groups in total. The second-order valence-electron chi connectivity index (χ2n) is 8.31. The number of benzene rings is 1. The normalized spacial score (nSPS) is 19.1. The Morgan fingerprint density at radius 3 is 2.41 bits per heavy atom. The lowest BCUT2D eigenvalue weighted by Crippen LogP contribution is -2.31. The van der Waals surface area contributed by atoms with Crippen molar-refractivity contribution < 1.29 is 22.0 Å². The lowest BCUT2D eigenvalue weighted by molar-refractivity contribution is -0.137. The molecular weight excluding hydrogens is 497 g/mol. The molecule has 0 amide bonds. The van der Waals surface area contributed by atoms with Gasteiger partial charge in [0.1, 0.15) is 11.6 Å². The van der Waals surface area contributed by atoms with E-state index < -0.39 is 23.4 Å². The Kier molecular flexibility index (Phi) is 6.80. The van der Waals surface area contributed by atoms with Gasteiger partial charge in [0.05, 0.1) is 11.3 Å². The molecule has 0 saturated carbocycles. The van der Waals surface area contributed by atoms with E-state index in [1.54, 1.807) is 0 Å². The predicted octanol–water partition coefficient (Wildman–Crippen LogP) is 6.98. The lowest BCUT2D eigenvalue weighted by atomic mass is 10.1. The third kappa shape index (κ3) is 5.16. The molecule has 2 aromatic heterocycles. The highest BCUT2D eigenvalue weighted by atomic mass is 35.5. The Morgan fingerprint density at radius 1 is 1.09 bits per heavy atom. The van der Waals surface area contributed by atoms with E-state index in [1.807, 2.05) is 0 Å². The molecule has 34 heavy (non-hydrogen) atoms. The largest absolute Gasteiger partial charge is 0.416 e. The predicted molar refractivity (Wildman–Crippen MR) is 121 cm³/mol. The molecule has 5 nitrogen and oxygen atoms in total. The fourth-order valence-corrected chi connectivity index (χ4v) is 5.27. The van der Waals surface area contributed by atoms with Crippen molar-refractivity contribution in [2.24, 2.45) is 0 Å². The van der Waals surface area contributed by atoms with Crippen molar-refractivity contribution in [1.82, 2.24) is 19.9 Å². The van der Waals surface area contributed by atoms with Crippen LogP contribution in [0.4, 0.5) is 32.9 Å². The summed E-state index contributed by atoms with van der Waals surface area (Å²) in [4.78, 5) is 15.0. The molecule has 1 aromatic carbocycles. The molecule has 1 aliphatic heterocycles. The van der Waals surface area contributed by atoms with E-state index in [0.717, 1.165) is 36.3 Å². The zero-order chi connectivity index (χ0) is 24.8. The van der Waals surface area contributed by atoms with Gasteiger partial charge in [-0.15, -0.1) is 0 Å².